The van der Waals surface area contributed by atoms with Crippen LogP contribution in [0.3, 0.4) is 0 Å². The Kier molecular flexibility index (Phi) is 4.54. The molecule has 2 nitrogen and oxygen atoms in total. The first-order chi connectivity index (χ1) is 6.29. The molecule has 0 atom stereocenters. The van der Waals surface area contributed by atoms with E-state index in [1.807, 2.05) is 12.1 Å². The molecule has 13 heavy (non-hydrogen) atoms. The van der Waals surface area contributed by atoms with Gasteiger partial charge in [-0.1, -0.05) is 0 Å². The molecule has 1 aromatic rings. The molecule has 0 spiro atoms. The quantitative estimate of drug-likeness (QED) is 0.534. The van der Waals surface area contributed by atoms with E-state index in [0.717, 1.165) is 12.2 Å². The zero-order chi connectivity index (χ0) is 9.52. The van der Waals surface area contributed by atoms with Gasteiger partial charge >= 0.3 is 0 Å². The summed E-state index contributed by atoms with van der Waals surface area (Å²) < 4.78 is 0. The summed E-state index contributed by atoms with van der Waals surface area (Å²) in [6, 6.07) is 3.97. The average Bonchev–Trinajstić information content (AvgIpc) is 2.14. The van der Waals surface area contributed by atoms with Crippen LogP contribution in [0, 0.1) is 0 Å². The minimum Gasteiger partial charge on any atom is -0.300 e. The van der Waals surface area contributed by atoms with Crippen LogP contribution in [0.1, 0.15) is 19.8 Å². The largest absolute Gasteiger partial charge is 0.300 e. The third kappa shape index (κ3) is 4.68. The molecule has 1 heterocycles. The minimum absolute atomic E-state index is 0.273. The monoisotopic (exact) mass is 195 g/mol. The van der Waals surface area contributed by atoms with Crippen LogP contribution in [0.5, 0.6) is 0 Å². The lowest BCUT2D eigenvalue weighted by Crippen LogP contribution is -1.90. The van der Waals surface area contributed by atoms with E-state index in [4.69, 9.17) is 0 Å². The van der Waals surface area contributed by atoms with Gasteiger partial charge in [-0.3, -0.25) is 4.98 Å². The lowest BCUT2D eigenvalue weighted by atomic mass is 10.3. The molecule has 1 aromatic heterocycles. The zero-order valence-electron chi connectivity index (χ0n) is 7.69. The third-order valence-electron chi connectivity index (χ3n) is 1.59. The molecule has 0 fully saturated rings. The molecule has 0 saturated carbocycles. The molecule has 0 aliphatic carbocycles. The summed E-state index contributed by atoms with van der Waals surface area (Å²) in [7, 11) is 0. The van der Waals surface area contributed by atoms with Gasteiger partial charge in [0.05, 0.1) is 0 Å². The molecule has 0 saturated heterocycles. The van der Waals surface area contributed by atoms with Gasteiger partial charge in [0.2, 0.25) is 0 Å². The summed E-state index contributed by atoms with van der Waals surface area (Å²) in [6.45, 7) is 1.64. The van der Waals surface area contributed by atoms with E-state index in [1.54, 1.807) is 31.1 Å². The number of ketones is 1. The van der Waals surface area contributed by atoms with Crippen molar-refractivity contribution in [3.05, 3.63) is 24.5 Å². The van der Waals surface area contributed by atoms with Crippen LogP contribution in [0.15, 0.2) is 29.4 Å². The number of Topliss-reactive ketones (excluding diaryl/α,β-unsaturated/α-hetero) is 1. The van der Waals surface area contributed by atoms with Gasteiger partial charge in [0.25, 0.3) is 0 Å². The predicted molar refractivity (Wildman–Crippen MR) is 54.9 cm³/mol. The molecule has 0 amide bonds. The van der Waals surface area contributed by atoms with E-state index in [9.17, 15) is 4.79 Å². The van der Waals surface area contributed by atoms with Crippen molar-refractivity contribution in [2.24, 2.45) is 0 Å². The van der Waals surface area contributed by atoms with Crippen molar-refractivity contribution in [3.8, 4) is 0 Å². The molecular weight excluding hydrogens is 182 g/mol. The van der Waals surface area contributed by atoms with Gasteiger partial charge in [-0.25, -0.2) is 0 Å². The van der Waals surface area contributed by atoms with Crippen molar-refractivity contribution in [2.75, 3.05) is 5.75 Å². The topological polar surface area (TPSA) is 30.0 Å². The number of carbonyl (C=O) groups excluding carboxylic acids is 1. The van der Waals surface area contributed by atoms with E-state index in [1.165, 1.54) is 4.90 Å². The standard InChI is InChI=1S/C10H13NOS/c1-9(12)3-2-8-13-10-4-6-11-7-5-10/h4-7H,2-3,8H2,1H3. The van der Waals surface area contributed by atoms with Crippen molar-refractivity contribution in [2.45, 2.75) is 24.7 Å². The number of carbonyl (C=O) groups is 1. The first-order valence-electron chi connectivity index (χ1n) is 4.31. The van der Waals surface area contributed by atoms with Crippen LogP contribution in [0.25, 0.3) is 0 Å². The van der Waals surface area contributed by atoms with E-state index < -0.39 is 0 Å². The smallest absolute Gasteiger partial charge is 0.129 e. The zero-order valence-corrected chi connectivity index (χ0v) is 8.51. The second-order valence-electron chi connectivity index (χ2n) is 2.84. The normalized spacial score (nSPS) is 9.92. The third-order valence-corrected chi connectivity index (χ3v) is 2.69. The van der Waals surface area contributed by atoms with E-state index >= 15 is 0 Å². The van der Waals surface area contributed by atoms with Crippen molar-refractivity contribution >= 4 is 17.5 Å². The average molecular weight is 195 g/mol. The Balaban J connectivity index is 2.17. The second-order valence-corrected chi connectivity index (χ2v) is 4.01. The highest BCUT2D eigenvalue weighted by molar-refractivity contribution is 7.99. The van der Waals surface area contributed by atoms with Crippen LogP contribution in [0.4, 0.5) is 0 Å². The van der Waals surface area contributed by atoms with Gasteiger partial charge in [-0.15, -0.1) is 11.8 Å². The molecule has 0 N–H and O–H groups in total. The van der Waals surface area contributed by atoms with Gasteiger partial charge in [0, 0.05) is 23.7 Å². The maximum atomic E-state index is 10.6. The summed E-state index contributed by atoms with van der Waals surface area (Å²) in [4.78, 5) is 15.8. The first-order valence-corrected chi connectivity index (χ1v) is 5.30. The Labute approximate surface area is 82.8 Å². The van der Waals surface area contributed by atoms with Crippen LogP contribution in [-0.2, 0) is 4.79 Å². The molecule has 3 heteroatoms. The van der Waals surface area contributed by atoms with Gasteiger partial charge in [0.15, 0.2) is 0 Å². The van der Waals surface area contributed by atoms with E-state index in [2.05, 4.69) is 4.98 Å². The first kappa shape index (κ1) is 10.3. The maximum absolute atomic E-state index is 10.6. The van der Waals surface area contributed by atoms with Crippen molar-refractivity contribution < 1.29 is 4.79 Å². The lowest BCUT2D eigenvalue weighted by Gasteiger charge is -1.98. The van der Waals surface area contributed by atoms with E-state index in [-0.39, 0.29) is 5.78 Å². The molecule has 0 aromatic carbocycles. The fraction of sp³-hybridized carbons (Fsp3) is 0.400. The molecule has 0 unspecified atom stereocenters. The number of hydrogen-bond donors (Lipinski definition) is 0. The van der Waals surface area contributed by atoms with Crippen molar-refractivity contribution in [1.29, 1.82) is 0 Å². The molecular formula is C10H13NOS. The molecule has 0 bridgehead atoms. The second kappa shape index (κ2) is 5.75. The Hall–Kier alpha value is -0.830. The molecule has 0 aliphatic rings. The summed E-state index contributed by atoms with van der Waals surface area (Å²) in [6.07, 6.45) is 5.22. The minimum atomic E-state index is 0.273. The highest BCUT2D eigenvalue weighted by Crippen LogP contribution is 2.17. The molecule has 0 aliphatic heterocycles. The molecule has 0 radical (unpaired) electrons. The van der Waals surface area contributed by atoms with Gasteiger partial charge < -0.3 is 4.79 Å². The fourth-order valence-electron chi connectivity index (χ4n) is 0.946. The number of nitrogens with zero attached hydrogens (tertiary/aromatic N) is 1. The number of aromatic nitrogens is 1. The Morgan fingerprint density at radius 2 is 2.15 bits per heavy atom. The summed E-state index contributed by atoms with van der Waals surface area (Å²) in [5, 5.41) is 0. The van der Waals surface area contributed by atoms with Gasteiger partial charge in [-0.05, 0) is 31.2 Å². The number of hydrogen-bond acceptors (Lipinski definition) is 3. The maximum Gasteiger partial charge on any atom is 0.129 e. The highest BCUT2D eigenvalue weighted by atomic mass is 32.2. The number of pyridine rings is 1. The SMILES string of the molecule is CC(=O)CCCSc1ccncc1. The Morgan fingerprint density at radius 3 is 2.77 bits per heavy atom. The molecule has 1 rings (SSSR count). The van der Waals surface area contributed by atoms with Crippen LogP contribution in [0.2, 0.25) is 0 Å². The summed E-state index contributed by atoms with van der Waals surface area (Å²) in [5.41, 5.74) is 0. The number of rotatable bonds is 5. The lowest BCUT2D eigenvalue weighted by molar-refractivity contribution is -0.117. The van der Waals surface area contributed by atoms with Crippen molar-refractivity contribution in [3.63, 3.8) is 0 Å². The van der Waals surface area contributed by atoms with E-state index in [0.29, 0.717) is 6.42 Å². The highest BCUT2D eigenvalue weighted by Gasteiger charge is 1.95. The van der Waals surface area contributed by atoms with Crippen molar-refractivity contribution in [1.82, 2.24) is 4.98 Å². The predicted octanol–water partition coefficient (Wildman–Crippen LogP) is 2.54. The number of thioether (sulfide) groups is 1. The van der Waals surface area contributed by atoms with Gasteiger partial charge in [0.1, 0.15) is 5.78 Å². The summed E-state index contributed by atoms with van der Waals surface area (Å²) >= 11 is 1.77. The van der Waals surface area contributed by atoms with Crippen LogP contribution < -0.4 is 0 Å². The fourth-order valence-corrected chi connectivity index (χ4v) is 1.78. The van der Waals surface area contributed by atoms with Crippen LogP contribution in [-0.4, -0.2) is 16.5 Å². The summed E-state index contributed by atoms with van der Waals surface area (Å²) in [5.74, 6) is 1.28. The molecule has 70 valence electrons. The van der Waals surface area contributed by atoms with Gasteiger partial charge in [-0.2, -0.15) is 0 Å². The van der Waals surface area contributed by atoms with Crippen LogP contribution >= 0.6 is 11.8 Å². The Bertz CT molecular complexity index is 261. The Morgan fingerprint density at radius 1 is 1.46 bits per heavy atom.